The van der Waals surface area contributed by atoms with Gasteiger partial charge in [0.2, 0.25) is 0 Å². The first-order chi connectivity index (χ1) is 16.1. The predicted octanol–water partition coefficient (Wildman–Crippen LogP) is 4.48. The smallest absolute Gasteiger partial charge is 0.359 e. The molecule has 2 N–H and O–H groups in total. The van der Waals surface area contributed by atoms with Gasteiger partial charge in [0.1, 0.15) is 23.4 Å². The second-order valence-corrected chi connectivity index (χ2v) is 8.12. The molecular weight excluding hydrogens is 415 g/mol. The largest absolute Gasteiger partial charge is 0.388 e. The van der Waals surface area contributed by atoms with Crippen LogP contribution >= 0.6 is 0 Å². The van der Waals surface area contributed by atoms with E-state index in [1.54, 1.807) is 22.9 Å². The monoisotopic (exact) mass is 439 g/mol. The summed E-state index contributed by atoms with van der Waals surface area (Å²) in [5, 5.41) is 6.50. The number of hydrogen-bond acceptors (Lipinski definition) is 4. The second kappa shape index (κ2) is 8.82. The summed E-state index contributed by atoms with van der Waals surface area (Å²) in [6, 6.07) is 24.0. The number of hydrogen-bond donors (Lipinski definition) is 2. The number of carbonyl (C=O) groups excluding carboxylic acids is 1. The summed E-state index contributed by atoms with van der Waals surface area (Å²) in [4.78, 5) is 18.2. The van der Waals surface area contributed by atoms with E-state index in [9.17, 15) is 9.18 Å². The maximum Gasteiger partial charge on any atom is 0.359 e. The van der Waals surface area contributed by atoms with Gasteiger partial charge in [-0.05, 0) is 29.3 Å². The van der Waals surface area contributed by atoms with Crippen molar-refractivity contribution >= 4 is 17.4 Å². The van der Waals surface area contributed by atoms with Crippen LogP contribution in [0.5, 0.6) is 0 Å². The minimum Gasteiger partial charge on any atom is -0.388 e. The zero-order chi connectivity index (χ0) is 22.8. The molecule has 5 nitrogen and oxygen atoms in total. The molecule has 0 aliphatic carbocycles. The van der Waals surface area contributed by atoms with Gasteiger partial charge < -0.3 is 5.32 Å². The number of rotatable bonds is 6. The lowest BCUT2D eigenvalue weighted by Crippen LogP contribution is -2.44. The molecule has 0 fully saturated rings. The highest BCUT2D eigenvalue weighted by Crippen LogP contribution is 2.25. The molecule has 0 spiro atoms. The Morgan fingerprint density at radius 1 is 1.03 bits per heavy atom. The van der Waals surface area contributed by atoms with E-state index < -0.39 is 6.04 Å². The number of aromatic nitrogens is 2. The van der Waals surface area contributed by atoms with E-state index in [0.29, 0.717) is 29.2 Å². The first kappa shape index (κ1) is 20.8. The van der Waals surface area contributed by atoms with E-state index in [1.165, 1.54) is 6.07 Å². The van der Waals surface area contributed by atoms with Crippen molar-refractivity contribution in [1.82, 2.24) is 4.98 Å². The first-order valence-electron chi connectivity index (χ1n) is 10.9. The Labute approximate surface area is 191 Å². The van der Waals surface area contributed by atoms with E-state index in [2.05, 4.69) is 10.6 Å². The molecule has 2 heterocycles. The summed E-state index contributed by atoms with van der Waals surface area (Å²) in [6.45, 7) is 0. The SMILES string of the molecule is CNc1cccc(CC2Nc3c(Cc4ccccc4F)nc(-c4ccccc4)c[n+]3C2=O)c1. The predicted molar refractivity (Wildman–Crippen MR) is 127 cm³/mol. The maximum atomic E-state index is 14.4. The summed E-state index contributed by atoms with van der Waals surface area (Å²) in [5.41, 5.74) is 4.81. The third kappa shape index (κ3) is 4.20. The Kier molecular flexibility index (Phi) is 5.57. The highest BCUT2D eigenvalue weighted by Gasteiger charge is 2.41. The highest BCUT2D eigenvalue weighted by atomic mass is 19.1. The molecule has 0 saturated carbocycles. The van der Waals surface area contributed by atoms with E-state index in [1.807, 2.05) is 67.7 Å². The molecule has 5 rings (SSSR count). The van der Waals surface area contributed by atoms with Crippen molar-refractivity contribution in [2.45, 2.75) is 18.9 Å². The molecule has 164 valence electrons. The van der Waals surface area contributed by atoms with Gasteiger partial charge in [-0.2, -0.15) is 4.57 Å². The molecule has 0 radical (unpaired) electrons. The number of halogens is 1. The van der Waals surface area contributed by atoms with Gasteiger partial charge in [-0.3, -0.25) is 5.32 Å². The molecule has 1 unspecified atom stereocenters. The maximum absolute atomic E-state index is 14.4. The van der Waals surface area contributed by atoms with Crippen LogP contribution in [0.15, 0.2) is 85.1 Å². The fourth-order valence-electron chi connectivity index (χ4n) is 4.20. The summed E-state index contributed by atoms with van der Waals surface area (Å²) >= 11 is 0. The molecule has 4 aromatic rings. The molecule has 1 aromatic heterocycles. The average Bonchev–Trinajstić information content (AvgIpc) is 3.16. The molecule has 6 heteroatoms. The van der Waals surface area contributed by atoms with Crippen LogP contribution in [0.4, 0.5) is 15.9 Å². The number of nitrogens with zero attached hydrogens (tertiary/aromatic N) is 2. The normalized spacial score (nSPS) is 14.6. The van der Waals surface area contributed by atoms with Crippen LogP contribution in [0.2, 0.25) is 0 Å². The molecule has 1 aliphatic rings. The minimum atomic E-state index is -0.427. The molecule has 3 aromatic carbocycles. The third-order valence-corrected chi connectivity index (χ3v) is 5.91. The van der Waals surface area contributed by atoms with Crippen LogP contribution in [0, 0.1) is 5.82 Å². The van der Waals surface area contributed by atoms with E-state index in [4.69, 9.17) is 4.98 Å². The summed E-state index contributed by atoms with van der Waals surface area (Å²) in [7, 11) is 1.87. The topological polar surface area (TPSA) is 57.9 Å². The third-order valence-electron chi connectivity index (χ3n) is 5.91. The molecule has 0 bridgehead atoms. The molecule has 0 saturated heterocycles. The quantitative estimate of drug-likeness (QED) is 0.435. The Morgan fingerprint density at radius 2 is 1.82 bits per heavy atom. The van der Waals surface area contributed by atoms with E-state index in [-0.39, 0.29) is 18.1 Å². The lowest BCUT2D eigenvalue weighted by Gasteiger charge is -2.08. The van der Waals surface area contributed by atoms with E-state index >= 15 is 0 Å². The van der Waals surface area contributed by atoms with Gasteiger partial charge in [-0.1, -0.05) is 60.7 Å². The lowest BCUT2D eigenvalue weighted by atomic mass is 10.1. The van der Waals surface area contributed by atoms with Crippen molar-refractivity contribution in [3.8, 4) is 11.3 Å². The second-order valence-electron chi connectivity index (χ2n) is 8.12. The van der Waals surface area contributed by atoms with Gasteiger partial charge in [-0.15, -0.1) is 0 Å². The molecule has 0 amide bonds. The fraction of sp³-hybridized carbons (Fsp3) is 0.148. The fourth-order valence-corrected chi connectivity index (χ4v) is 4.20. The molecular formula is C27H24FN4O+. The standard InChI is InChI=1S/C27H23FN4O/c1-29-21-12-7-8-18(14-21)15-24-27(33)32-17-25(19-9-3-2-4-10-19)30-23(26(32)31-24)16-20-11-5-6-13-22(20)28/h2-14,17,24,29H,15-16H2,1H3/p+1. The number of benzene rings is 3. The minimum absolute atomic E-state index is 0.0470. The average molecular weight is 440 g/mol. The van der Waals surface area contributed by atoms with Gasteiger partial charge in [0.15, 0.2) is 6.04 Å². The number of nitrogens with one attached hydrogen (secondary N) is 2. The zero-order valence-electron chi connectivity index (χ0n) is 18.3. The summed E-state index contributed by atoms with van der Waals surface area (Å²) < 4.78 is 16.1. The number of anilines is 2. The van der Waals surface area contributed by atoms with Crippen molar-refractivity contribution in [1.29, 1.82) is 0 Å². The Balaban J connectivity index is 1.54. The molecule has 1 atom stereocenters. The summed E-state index contributed by atoms with van der Waals surface area (Å²) in [5.74, 6) is 0.292. The van der Waals surface area contributed by atoms with Crippen LogP contribution in [0.25, 0.3) is 11.3 Å². The van der Waals surface area contributed by atoms with Gasteiger partial charge in [0.05, 0.1) is 0 Å². The van der Waals surface area contributed by atoms with Crippen molar-refractivity contribution < 1.29 is 13.8 Å². The Bertz CT molecular complexity index is 1320. The van der Waals surface area contributed by atoms with Crippen molar-refractivity contribution in [2.75, 3.05) is 17.7 Å². The molecule has 33 heavy (non-hydrogen) atoms. The van der Waals surface area contributed by atoms with Gasteiger partial charge in [0, 0.05) is 31.1 Å². The van der Waals surface area contributed by atoms with Gasteiger partial charge in [-0.25, -0.2) is 14.2 Å². The van der Waals surface area contributed by atoms with Crippen molar-refractivity contribution in [3.05, 3.63) is 108 Å². The van der Waals surface area contributed by atoms with Crippen LogP contribution in [0.3, 0.4) is 0 Å². The van der Waals surface area contributed by atoms with Crippen LogP contribution in [-0.4, -0.2) is 24.0 Å². The summed E-state index contributed by atoms with van der Waals surface area (Å²) in [6.07, 6.45) is 2.59. The van der Waals surface area contributed by atoms with Crippen molar-refractivity contribution in [2.24, 2.45) is 0 Å². The van der Waals surface area contributed by atoms with Crippen molar-refractivity contribution in [3.63, 3.8) is 0 Å². The first-order valence-corrected chi connectivity index (χ1v) is 10.9. The van der Waals surface area contributed by atoms with Crippen LogP contribution < -0.4 is 15.2 Å². The Morgan fingerprint density at radius 3 is 2.61 bits per heavy atom. The van der Waals surface area contributed by atoms with Crippen LogP contribution in [-0.2, 0) is 12.8 Å². The van der Waals surface area contributed by atoms with Gasteiger partial charge >= 0.3 is 11.7 Å². The van der Waals surface area contributed by atoms with Gasteiger partial charge in [0.25, 0.3) is 0 Å². The highest BCUT2D eigenvalue weighted by molar-refractivity contribution is 5.83. The lowest BCUT2D eigenvalue weighted by molar-refractivity contribution is -0.552. The Hall–Kier alpha value is -4.06. The molecule has 1 aliphatic heterocycles. The van der Waals surface area contributed by atoms with Crippen LogP contribution in [0.1, 0.15) is 21.6 Å². The zero-order valence-corrected chi connectivity index (χ0v) is 18.3. The van der Waals surface area contributed by atoms with E-state index in [0.717, 1.165) is 16.8 Å². The number of fused-ring (bicyclic) bond motifs is 1. The number of carbonyl (C=O) groups is 1.